The number of carboxylic acids is 1. The number of phenols is 1. The lowest BCUT2D eigenvalue weighted by Gasteiger charge is -2.38. The first-order valence-electron chi connectivity index (χ1n) is 8.68. The number of carbonyl (C=O) groups is 1. The molecule has 1 aliphatic rings. The van der Waals surface area contributed by atoms with Gasteiger partial charge in [0.05, 0.1) is 7.11 Å². The molecule has 0 saturated carbocycles. The number of likely N-dealkylation sites (tertiary alicyclic amines) is 1. The predicted octanol–water partition coefficient (Wildman–Crippen LogP) is 3.04. The fourth-order valence-electron chi connectivity index (χ4n) is 3.28. The van der Waals surface area contributed by atoms with Crippen LogP contribution < -0.4 is 9.47 Å². The molecule has 0 aliphatic carbocycles. The third-order valence-electron chi connectivity index (χ3n) is 4.81. The molecule has 3 rings (SSSR count). The fourth-order valence-corrected chi connectivity index (χ4v) is 3.28. The first-order valence-corrected chi connectivity index (χ1v) is 8.68. The average Bonchev–Trinajstić information content (AvgIpc) is 2.63. The van der Waals surface area contributed by atoms with Gasteiger partial charge in [0.15, 0.2) is 11.5 Å². The minimum atomic E-state index is -1.37. The molecule has 1 saturated heterocycles. The SMILES string of the molecule is COc1ccc(CN2CCC(Oc3cccc(F)c3)(C(=O)O)CC2)cc1O. The van der Waals surface area contributed by atoms with Crippen molar-refractivity contribution in [2.75, 3.05) is 20.2 Å². The third-order valence-corrected chi connectivity index (χ3v) is 4.81. The van der Waals surface area contributed by atoms with E-state index in [9.17, 15) is 19.4 Å². The Bertz CT molecular complexity index is 818. The maximum absolute atomic E-state index is 13.4. The first-order chi connectivity index (χ1) is 12.9. The van der Waals surface area contributed by atoms with Gasteiger partial charge in [-0.15, -0.1) is 0 Å². The number of aliphatic carboxylic acids is 1. The summed E-state index contributed by atoms with van der Waals surface area (Å²) >= 11 is 0. The summed E-state index contributed by atoms with van der Waals surface area (Å²) in [4.78, 5) is 14.0. The van der Waals surface area contributed by atoms with Crippen LogP contribution in [0.1, 0.15) is 18.4 Å². The number of nitrogens with zero attached hydrogens (tertiary/aromatic N) is 1. The number of ether oxygens (including phenoxy) is 2. The average molecular weight is 375 g/mol. The Kier molecular flexibility index (Phi) is 5.51. The lowest BCUT2D eigenvalue weighted by Crippen LogP contribution is -2.53. The molecule has 0 spiro atoms. The van der Waals surface area contributed by atoms with Gasteiger partial charge in [0.1, 0.15) is 11.6 Å². The second-order valence-electron chi connectivity index (χ2n) is 6.64. The van der Waals surface area contributed by atoms with Gasteiger partial charge in [-0.2, -0.15) is 0 Å². The molecule has 0 aromatic heterocycles. The number of hydrogen-bond donors (Lipinski definition) is 2. The molecule has 0 amide bonds. The molecule has 27 heavy (non-hydrogen) atoms. The Morgan fingerprint density at radius 3 is 2.56 bits per heavy atom. The minimum absolute atomic E-state index is 0.0707. The largest absolute Gasteiger partial charge is 0.504 e. The maximum Gasteiger partial charge on any atom is 0.348 e. The van der Waals surface area contributed by atoms with Crippen LogP contribution in [0.2, 0.25) is 0 Å². The van der Waals surface area contributed by atoms with Gasteiger partial charge in [0.2, 0.25) is 5.60 Å². The molecule has 2 aromatic rings. The number of rotatable bonds is 6. The zero-order valence-electron chi connectivity index (χ0n) is 15.0. The van der Waals surface area contributed by atoms with E-state index < -0.39 is 17.4 Å². The lowest BCUT2D eigenvalue weighted by molar-refractivity contribution is -0.159. The Hall–Kier alpha value is -2.80. The van der Waals surface area contributed by atoms with E-state index >= 15 is 0 Å². The van der Waals surface area contributed by atoms with Crippen LogP contribution in [0, 0.1) is 5.82 Å². The zero-order chi connectivity index (χ0) is 19.4. The van der Waals surface area contributed by atoms with Crippen molar-refractivity contribution in [2.45, 2.75) is 25.0 Å². The van der Waals surface area contributed by atoms with Gasteiger partial charge in [0, 0.05) is 38.5 Å². The van der Waals surface area contributed by atoms with Crippen molar-refractivity contribution in [1.82, 2.24) is 4.90 Å². The van der Waals surface area contributed by atoms with E-state index in [0.29, 0.717) is 25.4 Å². The topological polar surface area (TPSA) is 79.2 Å². The number of carboxylic acid groups (broad SMARTS) is 1. The highest BCUT2D eigenvalue weighted by Gasteiger charge is 2.44. The monoisotopic (exact) mass is 375 g/mol. The van der Waals surface area contributed by atoms with Gasteiger partial charge in [0.25, 0.3) is 0 Å². The van der Waals surface area contributed by atoms with Crippen LogP contribution in [0.3, 0.4) is 0 Å². The molecule has 2 N–H and O–H groups in total. The molecule has 1 heterocycles. The van der Waals surface area contributed by atoms with Crippen LogP contribution in [0.15, 0.2) is 42.5 Å². The Morgan fingerprint density at radius 2 is 1.96 bits per heavy atom. The summed E-state index contributed by atoms with van der Waals surface area (Å²) in [6, 6.07) is 10.7. The summed E-state index contributed by atoms with van der Waals surface area (Å²) in [5, 5.41) is 19.6. The van der Waals surface area contributed by atoms with E-state index in [1.807, 2.05) is 6.07 Å². The van der Waals surface area contributed by atoms with E-state index in [0.717, 1.165) is 5.56 Å². The van der Waals surface area contributed by atoms with Gasteiger partial charge in [-0.3, -0.25) is 4.90 Å². The highest BCUT2D eigenvalue weighted by Crippen LogP contribution is 2.31. The first kappa shape index (κ1) is 19.0. The quantitative estimate of drug-likeness (QED) is 0.808. The Labute approximate surface area is 156 Å². The number of benzene rings is 2. The van der Waals surface area contributed by atoms with Crippen molar-refractivity contribution >= 4 is 5.97 Å². The van der Waals surface area contributed by atoms with Gasteiger partial charge in [-0.05, 0) is 29.8 Å². The number of phenolic OH excluding ortho intramolecular Hbond substituents is 1. The molecule has 2 aromatic carbocycles. The van der Waals surface area contributed by atoms with Crippen molar-refractivity contribution in [1.29, 1.82) is 0 Å². The zero-order valence-corrected chi connectivity index (χ0v) is 15.0. The van der Waals surface area contributed by atoms with Crippen LogP contribution in [-0.2, 0) is 11.3 Å². The van der Waals surface area contributed by atoms with Crippen molar-refractivity contribution < 1.29 is 28.9 Å². The Balaban J connectivity index is 1.66. The second-order valence-corrected chi connectivity index (χ2v) is 6.64. The summed E-state index contributed by atoms with van der Waals surface area (Å²) in [7, 11) is 1.49. The summed E-state index contributed by atoms with van der Waals surface area (Å²) < 4.78 is 24.1. The Morgan fingerprint density at radius 1 is 1.22 bits per heavy atom. The summed E-state index contributed by atoms with van der Waals surface area (Å²) in [5.74, 6) is -0.823. The summed E-state index contributed by atoms with van der Waals surface area (Å²) in [5.41, 5.74) is -0.464. The number of hydrogen-bond acceptors (Lipinski definition) is 5. The van der Waals surface area contributed by atoms with Crippen molar-refractivity contribution in [2.24, 2.45) is 0 Å². The van der Waals surface area contributed by atoms with E-state index in [4.69, 9.17) is 9.47 Å². The maximum atomic E-state index is 13.4. The molecule has 144 valence electrons. The van der Waals surface area contributed by atoms with Crippen molar-refractivity contribution in [3.63, 3.8) is 0 Å². The molecule has 0 radical (unpaired) electrons. The van der Waals surface area contributed by atoms with Gasteiger partial charge in [-0.25, -0.2) is 9.18 Å². The van der Waals surface area contributed by atoms with Crippen LogP contribution in [0.4, 0.5) is 4.39 Å². The highest BCUT2D eigenvalue weighted by molar-refractivity contribution is 5.78. The fraction of sp³-hybridized carbons (Fsp3) is 0.350. The van der Waals surface area contributed by atoms with E-state index in [-0.39, 0.29) is 24.3 Å². The summed E-state index contributed by atoms with van der Waals surface area (Å²) in [6.45, 7) is 1.59. The molecule has 7 heteroatoms. The van der Waals surface area contributed by atoms with E-state index in [2.05, 4.69) is 4.90 Å². The van der Waals surface area contributed by atoms with Crippen molar-refractivity contribution in [3.8, 4) is 17.2 Å². The molecule has 1 aliphatic heterocycles. The van der Waals surface area contributed by atoms with Gasteiger partial charge in [-0.1, -0.05) is 12.1 Å². The van der Waals surface area contributed by atoms with E-state index in [1.165, 1.54) is 25.3 Å². The molecule has 1 fully saturated rings. The van der Waals surface area contributed by atoms with Crippen LogP contribution in [0.5, 0.6) is 17.2 Å². The summed E-state index contributed by atoms with van der Waals surface area (Å²) in [6.07, 6.45) is 0.558. The minimum Gasteiger partial charge on any atom is -0.504 e. The van der Waals surface area contributed by atoms with Crippen molar-refractivity contribution in [3.05, 3.63) is 53.8 Å². The normalized spacial score (nSPS) is 16.7. The number of methoxy groups -OCH3 is 1. The molecule has 0 bridgehead atoms. The van der Waals surface area contributed by atoms with Crippen LogP contribution in [-0.4, -0.2) is 46.9 Å². The van der Waals surface area contributed by atoms with E-state index in [1.54, 1.807) is 18.2 Å². The smallest absolute Gasteiger partial charge is 0.348 e. The van der Waals surface area contributed by atoms with Crippen LogP contribution in [0.25, 0.3) is 0 Å². The van der Waals surface area contributed by atoms with Gasteiger partial charge < -0.3 is 19.7 Å². The molecular formula is C20H22FNO5. The number of aromatic hydroxyl groups is 1. The highest BCUT2D eigenvalue weighted by atomic mass is 19.1. The molecule has 0 atom stereocenters. The molecule has 6 nitrogen and oxygen atoms in total. The number of halogens is 1. The molecule has 0 unspecified atom stereocenters. The standard InChI is InChI=1S/C20H22FNO5/c1-26-18-6-5-14(11-17(18)23)13-22-9-7-20(8-10-22,19(24)25)27-16-4-2-3-15(21)12-16/h2-6,11-12,23H,7-10,13H2,1H3,(H,24,25). The van der Waals surface area contributed by atoms with Crippen LogP contribution >= 0.6 is 0 Å². The number of piperidine rings is 1. The third kappa shape index (κ3) is 4.31. The second kappa shape index (κ2) is 7.84. The lowest BCUT2D eigenvalue weighted by atomic mass is 9.90. The predicted molar refractivity (Wildman–Crippen MR) is 96.6 cm³/mol. The van der Waals surface area contributed by atoms with Gasteiger partial charge >= 0.3 is 5.97 Å². The molecular weight excluding hydrogens is 353 g/mol.